The lowest BCUT2D eigenvalue weighted by Crippen LogP contribution is -2.16. The number of nitrogens with one attached hydrogen (secondary N) is 1. The number of non-ortho nitro benzene ring substituents is 1. The van der Waals surface area contributed by atoms with Gasteiger partial charge >= 0.3 is 5.91 Å². The van der Waals surface area contributed by atoms with Crippen LogP contribution in [0.25, 0.3) is 11.0 Å². The first-order valence-corrected chi connectivity index (χ1v) is 11.6. The minimum absolute atomic E-state index is 0.0130. The number of carbonyl (C=O) groups excluding carboxylic acids is 1. The molecule has 1 amide bonds. The summed E-state index contributed by atoms with van der Waals surface area (Å²) in [5.74, 6) is 0.0182. The second kappa shape index (κ2) is 10.4. The zero-order chi connectivity index (χ0) is 24.2. The summed E-state index contributed by atoms with van der Waals surface area (Å²) in [5.41, 5.74) is 4.32. The molecule has 172 valence electrons. The molecule has 1 heterocycles. The number of nitro benzene ring substituents is 1. The fourth-order valence-corrected chi connectivity index (χ4v) is 4.58. The van der Waals surface area contributed by atoms with Crippen molar-refractivity contribution in [3.63, 3.8) is 0 Å². The Hall–Kier alpha value is -3.21. The van der Waals surface area contributed by atoms with E-state index in [0.717, 1.165) is 5.56 Å². The third kappa shape index (κ3) is 5.64. The van der Waals surface area contributed by atoms with Crippen molar-refractivity contribution in [2.75, 3.05) is 0 Å². The number of ether oxygens (including phenoxy) is 1. The highest BCUT2D eigenvalue weighted by molar-refractivity contribution is 9.11. The molecule has 0 radical (unpaired) electrons. The molecule has 1 aromatic heterocycles. The number of hydrogen-bond acceptors (Lipinski definition) is 6. The molecule has 0 aliphatic heterocycles. The predicted molar refractivity (Wildman–Crippen MR) is 136 cm³/mol. The molecule has 0 saturated carbocycles. The van der Waals surface area contributed by atoms with Crippen molar-refractivity contribution >= 4 is 72.2 Å². The summed E-state index contributed by atoms with van der Waals surface area (Å²) in [5, 5.41) is 16.0. The van der Waals surface area contributed by atoms with Gasteiger partial charge in [-0.05, 0) is 79.4 Å². The Morgan fingerprint density at radius 1 is 1.12 bits per heavy atom. The molecule has 0 spiro atoms. The van der Waals surface area contributed by atoms with E-state index in [1.807, 2.05) is 12.1 Å². The summed E-state index contributed by atoms with van der Waals surface area (Å²) >= 11 is 12.9. The van der Waals surface area contributed by atoms with Crippen molar-refractivity contribution in [3.05, 3.63) is 102 Å². The zero-order valence-corrected chi connectivity index (χ0v) is 21.1. The molecule has 3 aromatic carbocycles. The number of amides is 1. The smallest absolute Gasteiger partial charge is 0.307 e. The number of nitrogens with zero attached hydrogens (tertiary/aromatic N) is 2. The molecule has 8 nitrogen and oxygen atoms in total. The summed E-state index contributed by atoms with van der Waals surface area (Å²) in [6.45, 7) is 0.360. The third-order valence-corrected chi connectivity index (χ3v) is 6.06. The van der Waals surface area contributed by atoms with Crippen LogP contribution in [0.5, 0.6) is 5.75 Å². The maximum Gasteiger partial charge on any atom is 0.307 e. The van der Waals surface area contributed by atoms with E-state index in [-0.39, 0.29) is 11.4 Å². The molecule has 34 heavy (non-hydrogen) atoms. The normalized spacial score (nSPS) is 11.1. The van der Waals surface area contributed by atoms with Gasteiger partial charge in [0.15, 0.2) is 5.76 Å². The first-order chi connectivity index (χ1) is 16.3. The van der Waals surface area contributed by atoms with E-state index < -0.39 is 10.8 Å². The van der Waals surface area contributed by atoms with Gasteiger partial charge in [0.2, 0.25) is 0 Å². The average molecular weight is 608 g/mol. The third-order valence-electron chi connectivity index (χ3n) is 4.63. The molecule has 0 saturated heterocycles. The van der Waals surface area contributed by atoms with Crippen LogP contribution in [0.1, 0.15) is 21.7 Å². The number of hydrogen-bond donors (Lipinski definition) is 1. The van der Waals surface area contributed by atoms with Crippen LogP contribution in [-0.2, 0) is 6.61 Å². The van der Waals surface area contributed by atoms with Crippen LogP contribution in [0.3, 0.4) is 0 Å². The van der Waals surface area contributed by atoms with E-state index in [2.05, 4.69) is 42.4 Å². The summed E-state index contributed by atoms with van der Waals surface area (Å²) in [4.78, 5) is 22.7. The highest BCUT2D eigenvalue weighted by Gasteiger charge is 2.15. The Balaban J connectivity index is 1.41. The summed E-state index contributed by atoms with van der Waals surface area (Å²) < 4.78 is 12.7. The number of rotatable bonds is 7. The fourth-order valence-electron chi connectivity index (χ4n) is 3.00. The van der Waals surface area contributed by atoms with E-state index in [0.29, 0.717) is 42.9 Å². The Labute approximate surface area is 214 Å². The van der Waals surface area contributed by atoms with E-state index in [9.17, 15) is 14.9 Å². The van der Waals surface area contributed by atoms with Crippen LogP contribution in [0.15, 0.2) is 79.1 Å². The molecular formula is C23H14Br2ClN3O5. The Morgan fingerprint density at radius 3 is 2.50 bits per heavy atom. The SMILES string of the molecule is O=C(N/N=C/c1cc(Br)c(OCc2ccc(Cl)cc2)c(Br)c1)c1cc2cc([N+](=O)[O-])ccc2o1. The van der Waals surface area contributed by atoms with Crippen LogP contribution in [0.2, 0.25) is 5.02 Å². The van der Waals surface area contributed by atoms with Crippen molar-refractivity contribution in [3.8, 4) is 5.75 Å². The Morgan fingerprint density at radius 2 is 1.82 bits per heavy atom. The molecular weight excluding hydrogens is 594 g/mol. The number of fused-ring (bicyclic) bond motifs is 1. The maximum absolute atomic E-state index is 12.4. The minimum Gasteiger partial charge on any atom is -0.487 e. The Kier molecular flexibility index (Phi) is 7.30. The lowest BCUT2D eigenvalue weighted by molar-refractivity contribution is -0.384. The van der Waals surface area contributed by atoms with Gasteiger partial charge in [-0.2, -0.15) is 5.10 Å². The van der Waals surface area contributed by atoms with Crippen molar-refractivity contribution in [2.45, 2.75) is 6.61 Å². The van der Waals surface area contributed by atoms with Crippen molar-refractivity contribution in [2.24, 2.45) is 5.10 Å². The maximum atomic E-state index is 12.4. The van der Waals surface area contributed by atoms with E-state index in [4.69, 9.17) is 20.8 Å². The second-order valence-corrected chi connectivity index (χ2v) is 9.16. The van der Waals surface area contributed by atoms with Crippen LogP contribution in [-0.4, -0.2) is 17.0 Å². The highest BCUT2D eigenvalue weighted by Crippen LogP contribution is 2.35. The molecule has 1 N–H and O–H groups in total. The molecule has 4 aromatic rings. The summed E-state index contributed by atoms with van der Waals surface area (Å²) in [6.07, 6.45) is 1.46. The standard InChI is InChI=1S/C23H14Br2ClN3O5/c24-18-7-14(8-19(25)22(18)33-12-13-1-3-16(26)4-2-13)11-27-28-23(30)21-10-15-9-17(29(31)32)5-6-20(15)34-21/h1-11H,12H2,(H,28,30)/b27-11+. The van der Waals surface area contributed by atoms with Gasteiger partial charge in [-0.1, -0.05) is 23.7 Å². The van der Waals surface area contributed by atoms with Gasteiger partial charge in [-0.3, -0.25) is 14.9 Å². The monoisotopic (exact) mass is 605 g/mol. The molecule has 11 heteroatoms. The molecule has 0 fully saturated rings. The van der Waals surface area contributed by atoms with Gasteiger partial charge in [0.05, 0.1) is 20.1 Å². The first kappa shape index (κ1) is 23.9. The summed E-state index contributed by atoms with van der Waals surface area (Å²) in [7, 11) is 0. The molecule has 0 atom stereocenters. The topological polar surface area (TPSA) is 107 Å². The van der Waals surface area contributed by atoms with Gasteiger partial charge in [0, 0.05) is 22.5 Å². The Bertz CT molecular complexity index is 1400. The van der Waals surface area contributed by atoms with Crippen LogP contribution in [0.4, 0.5) is 5.69 Å². The fraction of sp³-hybridized carbons (Fsp3) is 0.0435. The molecule has 0 unspecified atom stereocenters. The summed E-state index contributed by atoms with van der Waals surface area (Å²) in [6, 6.07) is 16.5. The van der Waals surface area contributed by atoms with E-state index in [1.54, 1.807) is 24.3 Å². The van der Waals surface area contributed by atoms with Crippen LogP contribution >= 0.6 is 43.5 Å². The number of furan rings is 1. The van der Waals surface area contributed by atoms with E-state index in [1.165, 1.54) is 30.5 Å². The van der Waals surface area contributed by atoms with Gasteiger partial charge in [0.1, 0.15) is 17.9 Å². The number of carbonyl (C=O) groups is 1. The predicted octanol–water partition coefficient (Wildman–Crippen LogP) is 6.86. The highest BCUT2D eigenvalue weighted by atomic mass is 79.9. The number of hydrazone groups is 1. The average Bonchev–Trinajstić information content (AvgIpc) is 3.23. The molecule has 0 aliphatic carbocycles. The lowest BCUT2D eigenvalue weighted by Gasteiger charge is -2.11. The van der Waals surface area contributed by atoms with Crippen LogP contribution < -0.4 is 10.2 Å². The lowest BCUT2D eigenvalue weighted by atomic mass is 10.2. The van der Waals surface area contributed by atoms with Crippen molar-refractivity contribution in [1.82, 2.24) is 5.43 Å². The molecule has 0 aliphatic rings. The number of halogens is 3. The van der Waals surface area contributed by atoms with Gasteiger partial charge < -0.3 is 9.15 Å². The molecule has 0 bridgehead atoms. The quantitative estimate of drug-likeness (QED) is 0.140. The van der Waals surface area contributed by atoms with Gasteiger partial charge in [-0.15, -0.1) is 0 Å². The van der Waals surface area contributed by atoms with Crippen molar-refractivity contribution in [1.29, 1.82) is 0 Å². The largest absolute Gasteiger partial charge is 0.487 e. The van der Waals surface area contributed by atoms with Gasteiger partial charge in [0.25, 0.3) is 5.69 Å². The van der Waals surface area contributed by atoms with E-state index >= 15 is 0 Å². The molecule has 4 rings (SSSR count). The number of benzene rings is 3. The second-order valence-electron chi connectivity index (χ2n) is 7.02. The zero-order valence-electron chi connectivity index (χ0n) is 17.1. The van der Waals surface area contributed by atoms with Crippen LogP contribution in [0, 0.1) is 10.1 Å². The number of nitro groups is 1. The van der Waals surface area contributed by atoms with Crippen molar-refractivity contribution < 1.29 is 18.9 Å². The first-order valence-electron chi connectivity index (χ1n) is 9.68. The minimum atomic E-state index is -0.587. The van der Waals surface area contributed by atoms with Gasteiger partial charge in [-0.25, -0.2) is 5.43 Å².